The average Bonchev–Trinajstić information content (AvgIpc) is 2.63. The van der Waals surface area contributed by atoms with Crippen molar-refractivity contribution in [3.05, 3.63) is 35.9 Å². The highest BCUT2D eigenvalue weighted by Crippen LogP contribution is 2.22. The highest BCUT2D eigenvalue weighted by Gasteiger charge is 2.32. The van der Waals surface area contributed by atoms with Crippen LogP contribution in [0.4, 0.5) is 0 Å². The molecule has 0 N–H and O–H groups in total. The van der Waals surface area contributed by atoms with Crippen LogP contribution in [0.2, 0.25) is 0 Å². The lowest BCUT2D eigenvalue weighted by atomic mass is 9.96. The first-order chi connectivity index (χ1) is 12.0. The lowest BCUT2D eigenvalue weighted by Gasteiger charge is -2.33. The first-order valence-electron chi connectivity index (χ1n) is 9.28. The molecule has 0 aliphatic carbocycles. The van der Waals surface area contributed by atoms with Gasteiger partial charge >= 0.3 is 0 Å². The van der Waals surface area contributed by atoms with Crippen LogP contribution in [0.3, 0.4) is 0 Å². The Balaban J connectivity index is 1.81. The number of rotatable bonds is 8. The van der Waals surface area contributed by atoms with Crippen molar-refractivity contribution in [2.75, 3.05) is 31.9 Å². The van der Waals surface area contributed by atoms with E-state index in [1.54, 1.807) is 4.31 Å². The van der Waals surface area contributed by atoms with E-state index in [1.807, 2.05) is 49.1 Å². The van der Waals surface area contributed by atoms with E-state index in [-0.39, 0.29) is 17.6 Å². The Hall–Kier alpha value is -1.40. The van der Waals surface area contributed by atoms with Crippen molar-refractivity contribution in [1.82, 2.24) is 9.21 Å². The second-order valence-electron chi connectivity index (χ2n) is 6.59. The van der Waals surface area contributed by atoms with E-state index in [0.717, 1.165) is 6.42 Å². The Morgan fingerprint density at radius 3 is 2.28 bits per heavy atom. The molecule has 140 valence electrons. The number of aryl methyl sites for hydroxylation is 1. The van der Waals surface area contributed by atoms with Crippen LogP contribution in [0.1, 0.15) is 38.7 Å². The van der Waals surface area contributed by atoms with Crippen LogP contribution in [-0.2, 0) is 21.2 Å². The Morgan fingerprint density at radius 2 is 1.72 bits per heavy atom. The number of carbonyl (C=O) groups is 1. The fraction of sp³-hybridized carbons (Fsp3) is 0.632. The van der Waals surface area contributed by atoms with Gasteiger partial charge in [-0.2, -0.15) is 0 Å². The minimum atomic E-state index is -3.23. The third kappa shape index (κ3) is 5.54. The first kappa shape index (κ1) is 19.9. The maximum Gasteiger partial charge on any atom is 0.225 e. The zero-order valence-corrected chi connectivity index (χ0v) is 16.2. The molecule has 1 amide bonds. The lowest BCUT2D eigenvalue weighted by Crippen LogP contribution is -2.45. The van der Waals surface area contributed by atoms with Crippen LogP contribution >= 0.6 is 0 Å². The molecular weight excluding hydrogens is 336 g/mol. The Kier molecular flexibility index (Phi) is 7.44. The summed E-state index contributed by atoms with van der Waals surface area (Å²) in [5, 5.41) is 0. The summed E-state index contributed by atoms with van der Waals surface area (Å²) in [6, 6.07) is 9.96. The normalized spacial score (nSPS) is 16.7. The van der Waals surface area contributed by atoms with Crippen molar-refractivity contribution in [3.8, 4) is 0 Å². The van der Waals surface area contributed by atoms with Gasteiger partial charge in [0.05, 0.1) is 5.75 Å². The van der Waals surface area contributed by atoms with Crippen molar-refractivity contribution in [1.29, 1.82) is 0 Å². The van der Waals surface area contributed by atoms with Crippen LogP contribution in [-0.4, -0.2) is 55.5 Å². The highest BCUT2D eigenvalue weighted by molar-refractivity contribution is 7.89. The van der Waals surface area contributed by atoms with Crippen molar-refractivity contribution in [2.24, 2.45) is 5.92 Å². The number of hydrogen-bond donors (Lipinski definition) is 0. The van der Waals surface area contributed by atoms with Crippen molar-refractivity contribution in [3.63, 3.8) is 0 Å². The summed E-state index contributed by atoms with van der Waals surface area (Å²) in [6.07, 6.45) is 2.67. The zero-order chi connectivity index (χ0) is 18.3. The van der Waals surface area contributed by atoms with Gasteiger partial charge in [0.25, 0.3) is 0 Å². The molecule has 2 rings (SSSR count). The van der Waals surface area contributed by atoms with Gasteiger partial charge in [-0.3, -0.25) is 4.79 Å². The monoisotopic (exact) mass is 366 g/mol. The van der Waals surface area contributed by atoms with Crippen molar-refractivity contribution >= 4 is 15.9 Å². The van der Waals surface area contributed by atoms with Crippen LogP contribution in [0.5, 0.6) is 0 Å². The molecule has 1 fully saturated rings. The molecule has 1 heterocycles. The highest BCUT2D eigenvalue weighted by atomic mass is 32.2. The molecule has 0 bridgehead atoms. The minimum Gasteiger partial charge on any atom is -0.343 e. The number of sulfonamides is 1. The van der Waals surface area contributed by atoms with Gasteiger partial charge in [-0.05, 0) is 45.1 Å². The van der Waals surface area contributed by atoms with Gasteiger partial charge in [0.15, 0.2) is 0 Å². The minimum absolute atomic E-state index is 0.0318. The molecule has 5 nitrogen and oxygen atoms in total. The smallest absolute Gasteiger partial charge is 0.225 e. The molecule has 0 spiro atoms. The molecule has 0 radical (unpaired) electrons. The maximum absolute atomic E-state index is 12.5. The third-order valence-electron chi connectivity index (χ3n) is 4.98. The van der Waals surface area contributed by atoms with E-state index in [2.05, 4.69) is 0 Å². The fourth-order valence-corrected chi connectivity index (χ4v) is 4.94. The predicted octanol–water partition coefficient (Wildman–Crippen LogP) is 2.53. The molecule has 1 aliphatic rings. The Labute approximate surface area is 152 Å². The number of hydrogen-bond acceptors (Lipinski definition) is 3. The number of carbonyl (C=O) groups excluding carboxylic acids is 1. The number of amides is 1. The topological polar surface area (TPSA) is 57.7 Å². The number of nitrogens with zero attached hydrogens (tertiary/aromatic N) is 2. The van der Waals surface area contributed by atoms with E-state index < -0.39 is 10.0 Å². The van der Waals surface area contributed by atoms with Gasteiger partial charge in [-0.25, -0.2) is 12.7 Å². The molecule has 0 unspecified atom stereocenters. The van der Waals surface area contributed by atoms with Crippen molar-refractivity contribution in [2.45, 2.75) is 39.5 Å². The van der Waals surface area contributed by atoms with Gasteiger partial charge in [0.2, 0.25) is 15.9 Å². The SMILES string of the molecule is CCN(CC)C(=O)C1CCN(S(=O)(=O)CCCc2ccccc2)CC1. The Morgan fingerprint density at radius 1 is 1.12 bits per heavy atom. The molecule has 0 aromatic heterocycles. The maximum atomic E-state index is 12.5. The summed E-state index contributed by atoms with van der Waals surface area (Å²) in [6.45, 7) is 6.32. The quantitative estimate of drug-likeness (QED) is 0.710. The largest absolute Gasteiger partial charge is 0.343 e. The standard InChI is InChI=1S/C19H30N2O3S/c1-3-20(4-2)19(22)18-12-14-21(15-13-18)25(23,24)16-8-11-17-9-6-5-7-10-17/h5-7,9-10,18H,3-4,8,11-16H2,1-2H3. The van der Waals surface area contributed by atoms with Crippen LogP contribution in [0.15, 0.2) is 30.3 Å². The number of piperidine rings is 1. The summed E-state index contributed by atoms with van der Waals surface area (Å²) in [7, 11) is -3.23. The van der Waals surface area contributed by atoms with Gasteiger partial charge in [0.1, 0.15) is 0 Å². The second kappa shape index (κ2) is 9.34. The van der Waals surface area contributed by atoms with E-state index in [0.29, 0.717) is 45.4 Å². The van der Waals surface area contributed by atoms with E-state index >= 15 is 0 Å². The van der Waals surface area contributed by atoms with E-state index in [9.17, 15) is 13.2 Å². The third-order valence-corrected chi connectivity index (χ3v) is 6.94. The second-order valence-corrected chi connectivity index (χ2v) is 8.68. The van der Waals surface area contributed by atoms with Gasteiger partial charge in [0, 0.05) is 32.1 Å². The summed E-state index contributed by atoms with van der Waals surface area (Å²) < 4.78 is 26.6. The molecule has 6 heteroatoms. The van der Waals surface area contributed by atoms with Gasteiger partial charge < -0.3 is 4.90 Å². The molecule has 1 aromatic rings. The van der Waals surface area contributed by atoms with E-state index in [4.69, 9.17) is 0 Å². The first-order valence-corrected chi connectivity index (χ1v) is 10.9. The molecule has 0 saturated carbocycles. The van der Waals surface area contributed by atoms with Crippen molar-refractivity contribution < 1.29 is 13.2 Å². The molecular formula is C19H30N2O3S. The summed E-state index contributed by atoms with van der Waals surface area (Å²) in [5.74, 6) is 0.318. The molecule has 0 atom stereocenters. The van der Waals surface area contributed by atoms with Crippen LogP contribution in [0.25, 0.3) is 0 Å². The zero-order valence-electron chi connectivity index (χ0n) is 15.4. The van der Waals surface area contributed by atoms with E-state index in [1.165, 1.54) is 5.56 Å². The Bertz CT molecular complexity index is 634. The molecule has 1 aliphatic heterocycles. The lowest BCUT2D eigenvalue weighted by molar-refractivity contribution is -0.136. The van der Waals surface area contributed by atoms with Crippen LogP contribution in [0, 0.1) is 5.92 Å². The summed E-state index contributed by atoms with van der Waals surface area (Å²) in [5.41, 5.74) is 1.17. The molecule has 1 saturated heterocycles. The predicted molar refractivity (Wildman–Crippen MR) is 101 cm³/mol. The summed E-state index contributed by atoms with van der Waals surface area (Å²) in [4.78, 5) is 14.2. The number of benzene rings is 1. The summed E-state index contributed by atoms with van der Waals surface area (Å²) >= 11 is 0. The fourth-order valence-electron chi connectivity index (χ4n) is 3.41. The molecule has 25 heavy (non-hydrogen) atoms. The molecule has 1 aromatic carbocycles. The average molecular weight is 367 g/mol. The van der Waals surface area contributed by atoms with Gasteiger partial charge in [-0.1, -0.05) is 30.3 Å². The van der Waals surface area contributed by atoms with Gasteiger partial charge in [-0.15, -0.1) is 0 Å². The van der Waals surface area contributed by atoms with Crippen LogP contribution < -0.4 is 0 Å².